The van der Waals surface area contributed by atoms with Crippen LogP contribution in [0.1, 0.15) is 217 Å². The summed E-state index contributed by atoms with van der Waals surface area (Å²) in [5.74, 6) is -3.28. The number of unbranched alkanes of at least 4 members (excludes halogenated alkanes) is 18. The van der Waals surface area contributed by atoms with Crippen LogP contribution in [0, 0.1) is 11.8 Å². The Morgan fingerprint density at radius 3 is 1.19 bits per heavy atom. The maximum absolute atomic E-state index is 13.7. The first-order valence-electron chi connectivity index (χ1n) is 25.5. The third-order valence-corrected chi connectivity index (χ3v) is 11.8. The highest BCUT2D eigenvalue weighted by molar-refractivity contribution is 6.12. The average Bonchev–Trinajstić information content (AvgIpc) is 3.32. The number of carbonyl (C=O) groups is 7. The van der Waals surface area contributed by atoms with E-state index in [9.17, 15) is 33.6 Å². The zero-order valence-corrected chi connectivity index (χ0v) is 42.5. The van der Waals surface area contributed by atoms with Crippen LogP contribution in [0.25, 0.3) is 0 Å². The standard InChI is InChI=1S/C31H43N3O3.C12H27N.C7H10O3.C6H5NO/c1-4-5-6-7-8-9-10-11-12-17-22-34-29(25-18-13-15-20-32-25)27(23(2)35)31(37)28(24(3)36)30(34)26-19-14-16-21-33-26;1-2-3-4-5-6-7-8-9-10-11-12-13;1-5(8)3-7(10)4-6(2)9;8-5-6-3-1-2-4-7-6/h13-16,18-21,27-30H,4-12,17,22H2,1-3H3;2-13H2,1H3;3-4H2,1-2H3;1-5H. The maximum atomic E-state index is 13.7. The highest BCUT2D eigenvalue weighted by Crippen LogP contribution is 2.46. The molecule has 1 aliphatic rings. The van der Waals surface area contributed by atoms with Crippen LogP contribution in [0.4, 0.5) is 0 Å². The molecule has 0 amide bonds. The quantitative estimate of drug-likeness (QED) is 0.0379. The van der Waals surface area contributed by atoms with Crippen LogP contribution < -0.4 is 5.73 Å². The summed E-state index contributed by atoms with van der Waals surface area (Å²) in [6.07, 6.45) is 31.6. The van der Waals surface area contributed by atoms with Crippen molar-refractivity contribution >= 4 is 41.0 Å². The van der Waals surface area contributed by atoms with Crippen molar-refractivity contribution in [3.05, 3.63) is 90.3 Å². The molecular weight excluding hydrogens is 855 g/mol. The number of rotatable bonds is 30. The summed E-state index contributed by atoms with van der Waals surface area (Å²) in [5, 5.41) is 0. The number of ketones is 6. The van der Waals surface area contributed by atoms with Crippen LogP contribution in [-0.4, -0.2) is 73.9 Å². The van der Waals surface area contributed by atoms with Crippen LogP contribution >= 0.6 is 0 Å². The van der Waals surface area contributed by atoms with Crippen molar-refractivity contribution in [1.82, 2.24) is 19.9 Å². The van der Waals surface area contributed by atoms with E-state index in [0.29, 0.717) is 23.6 Å². The Hall–Kier alpha value is -4.94. The predicted octanol–water partition coefficient (Wildman–Crippen LogP) is 11.7. The summed E-state index contributed by atoms with van der Waals surface area (Å²) in [6, 6.07) is 15.4. The molecule has 0 aromatic carbocycles. The molecule has 12 heteroatoms. The monoisotopic (exact) mass is 940 g/mol. The predicted molar refractivity (Wildman–Crippen MR) is 272 cm³/mol. The van der Waals surface area contributed by atoms with E-state index in [0.717, 1.165) is 32.1 Å². The molecule has 1 fully saturated rings. The molecule has 1 saturated heterocycles. The number of aldehydes is 1. The Labute approximate surface area is 408 Å². The fourth-order valence-electron chi connectivity index (χ4n) is 8.44. The van der Waals surface area contributed by atoms with Crippen molar-refractivity contribution in [3.63, 3.8) is 0 Å². The fraction of sp³-hybridized carbons (Fsp3) is 0.607. The second kappa shape index (κ2) is 39.0. The number of carbonyl (C=O) groups excluding carboxylic acids is 7. The third kappa shape index (κ3) is 26.6. The molecule has 4 unspecified atom stereocenters. The van der Waals surface area contributed by atoms with Gasteiger partial charge in [0.2, 0.25) is 0 Å². The molecule has 0 aliphatic carbocycles. The van der Waals surface area contributed by atoms with E-state index in [1.807, 2.05) is 36.4 Å². The molecule has 0 radical (unpaired) electrons. The number of likely N-dealkylation sites (tertiary alicyclic amines) is 1. The molecule has 12 nitrogen and oxygen atoms in total. The van der Waals surface area contributed by atoms with Gasteiger partial charge in [-0.25, -0.2) is 0 Å². The topological polar surface area (TPSA) is 187 Å². The number of nitrogens with zero attached hydrogens (tertiary/aromatic N) is 4. The van der Waals surface area contributed by atoms with E-state index in [1.54, 1.807) is 36.8 Å². The van der Waals surface area contributed by atoms with Gasteiger partial charge in [0.15, 0.2) is 12.1 Å². The molecule has 0 spiro atoms. The van der Waals surface area contributed by atoms with Gasteiger partial charge in [-0.1, -0.05) is 148 Å². The first-order valence-corrected chi connectivity index (χ1v) is 25.5. The molecule has 0 bridgehead atoms. The Balaban J connectivity index is 0.000000600. The van der Waals surface area contributed by atoms with Gasteiger partial charge in [0.1, 0.15) is 34.6 Å². The zero-order chi connectivity index (χ0) is 50.4. The van der Waals surface area contributed by atoms with E-state index in [1.165, 1.54) is 137 Å². The van der Waals surface area contributed by atoms with Crippen LogP contribution in [-0.2, 0) is 28.8 Å². The minimum atomic E-state index is -0.924. The zero-order valence-electron chi connectivity index (χ0n) is 42.5. The van der Waals surface area contributed by atoms with Gasteiger partial charge in [-0.15, -0.1) is 0 Å². The number of hydrogen-bond acceptors (Lipinski definition) is 12. The van der Waals surface area contributed by atoms with E-state index in [4.69, 9.17) is 5.73 Å². The summed E-state index contributed by atoms with van der Waals surface area (Å²) in [7, 11) is 0. The third-order valence-electron chi connectivity index (χ3n) is 11.8. The van der Waals surface area contributed by atoms with Crippen molar-refractivity contribution in [2.75, 3.05) is 13.1 Å². The number of hydrogen-bond donors (Lipinski definition) is 1. The first-order chi connectivity index (χ1) is 32.8. The van der Waals surface area contributed by atoms with Gasteiger partial charge in [0.25, 0.3) is 0 Å². The Morgan fingerprint density at radius 1 is 0.529 bits per heavy atom. The first kappa shape index (κ1) is 61.1. The van der Waals surface area contributed by atoms with Crippen molar-refractivity contribution in [3.8, 4) is 0 Å². The van der Waals surface area contributed by atoms with E-state index < -0.39 is 23.9 Å². The lowest BCUT2D eigenvalue weighted by Gasteiger charge is -2.47. The van der Waals surface area contributed by atoms with Gasteiger partial charge in [0.05, 0.1) is 48.1 Å². The van der Waals surface area contributed by atoms with Crippen molar-refractivity contribution in [1.29, 1.82) is 0 Å². The van der Waals surface area contributed by atoms with Gasteiger partial charge in [-0.3, -0.25) is 53.4 Å². The molecule has 4 heterocycles. The molecule has 3 aromatic rings. The minimum Gasteiger partial charge on any atom is -0.330 e. The normalized spacial score (nSPS) is 16.4. The molecule has 4 atom stereocenters. The Kier molecular flexibility index (Phi) is 35.0. The molecule has 0 saturated carbocycles. The summed E-state index contributed by atoms with van der Waals surface area (Å²) >= 11 is 0. The Morgan fingerprint density at radius 2 is 0.897 bits per heavy atom. The summed E-state index contributed by atoms with van der Waals surface area (Å²) in [5.41, 5.74) is 7.28. The molecule has 68 heavy (non-hydrogen) atoms. The molecular formula is C56H85N5O7. The molecule has 4 rings (SSSR count). The number of piperidine rings is 1. The number of nitrogens with two attached hydrogens (primary N) is 1. The molecule has 2 N–H and O–H groups in total. The van der Waals surface area contributed by atoms with Gasteiger partial charge >= 0.3 is 0 Å². The lowest BCUT2D eigenvalue weighted by Crippen LogP contribution is -2.55. The second-order valence-corrected chi connectivity index (χ2v) is 18.0. The van der Waals surface area contributed by atoms with Gasteiger partial charge in [0, 0.05) is 18.6 Å². The second-order valence-electron chi connectivity index (χ2n) is 18.0. The van der Waals surface area contributed by atoms with E-state index >= 15 is 0 Å². The van der Waals surface area contributed by atoms with Crippen LogP contribution in [0.3, 0.4) is 0 Å². The SMILES string of the molecule is CC(=O)CC(=O)CC(C)=O.CCCCCCCCCCCCN.CCCCCCCCCCCCN1C(c2ccccn2)C(C(C)=O)C(=O)C(C(C)=O)C1c1ccccn1.O=Cc1ccccn1. The summed E-state index contributed by atoms with van der Waals surface area (Å²) < 4.78 is 0. The van der Waals surface area contributed by atoms with Crippen molar-refractivity contribution < 1.29 is 33.6 Å². The molecule has 1 aliphatic heterocycles. The maximum Gasteiger partial charge on any atom is 0.168 e. The van der Waals surface area contributed by atoms with Crippen molar-refractivity contribution in [2.45, 2.75) is 195 Å². The highest BCUT2D eigenvalue weighted by Gasteiger charge is 2.53. The summed E-state index contributed by atoms with van der Waals surface area (Å²) in [4.78, 5) is 95.7. The largest absolute Gasteiger partial charge is 0.330 e. The van der Waals surface area contributed by atoms with Gasteiger partial charge in [-0.05, 0) is 90.0 Å². The van der Waals surface area contributed by atoms with Crippen molar-refractivity contribution in [2.24, 2.45) is 17.6 Å². The Bertz CT molecular complexity index is 1750. The van der Waals surface area contributed by atoms with Gasteiger partial charge < -0.3 is 5.73 Å². The van der Waals surface area contributed by atoms with Crippen LogP contribution in [0.5, 0.6) is 0 Å². The van der Waals surface area contributed by atoms with Gasteiger partial charge in [-0.2, -0.15) is 0 Å². The smallest absolute Gasteiger partial charge is 0.168 e. The average molecular weight is 940 g/mol. The van der Waals surface area contributed by atoms with Crippen LogP contribution in [0.2, 0.25) is 0 Å². The lowest BCUT2D eigenvalue weighted by molar-refractivity contribution is -0.151. The van der Waals surface area contributed by atoms with Crippen LogP contribution in [0.15, 0.2) is 73.2 Å². The lowest BCUT2D eigenvalue weighted by atomic mass is 9.71. The fourth-order valence-corrected chi connectivity index (χ4v) is 8.44. The number of Topliss-reactive ketones (excluding diaryl/α,β-unsaturated/α-hetero) is 6. The van der Waals surface area contributed by atoms with E-state index in [-0.39, 0.29) is 47.5 Å². The number of pyridine rings is 3. The van der Waals surface area contributed by atoms with E-state index in [2.05, 4.69) is 33.7 Å². The summed E-state index contributed by atoms with van der Waals surface area (Å²) in [6.45, 7) is 11.6. The highest BCUT2D eigenvalue weighted by atomic mass is 16.2. The minimum absolute atomic E-state index is 0.112. The molecule has 376 valence electrons. The molecule has 3 aromatic heterocycles. The number of aromatic nitrogens is 3.